The number of benzene rings is 2. The Kier molecular flexibility index (Phi) is 2.96. The van der Waals surface area contributed by atoms with E-state index in [0.29, 0.717) is 5.28 Å². The zero-order valence-electron chi connectivity index (χ0n) is 10.8. The molecule has 0 saturated carbocycles. The Bertz CT molecular complexity index is 746. The molecule has 0 aliphatic heterocycles. The first-order valence-corrected chi connectivity index (χ1v) is 6.51. The van der Waals surface area contributed by atoms with Crippen LogP contribution in [0.3, 0.4) is 0 Å². The fraction of sp³-hybridized carbons (Fsp3) is 0.125. The fourth-order valence-electron chi connectivity index (χ4n) is 2.20. The van der Waals surface area contributed by atoms with Crippen molar-refractivity contribution in [2.75, 3.05) is 0 Å². The van der Waals surface area contributed by atoms with Gasteiger partial charge in [-0.25, -0.2) is 9.97 Å². The molecule has 0 saturated heterocycles. The molecule has 0 fully saturated rings. The number of hydrogen-bond donors (Lipinski definition) is 0. The lowest BCUT2D eigenvalue weighted by atomic mass is 10.0. The van der Waals surface area contributed by atoms with Crippen molar-refractivity contribution in [1.29, 1.82) is 0 Å². The third-order valence-corrected chi connectivity index (χ3v) is 3.29. The Morgan fingerprint density at radius 3 is 2.37 bits per heavy atom. The molecule has 3 heteroatoms. The summed E-state index contributed by atoms with van der Waals surface area (Å²) in [5.41, 5.74) is 4.06. The third kappa shape index (κ3) is 2.45. The van der Waals surface area contributed by atoms with Gasteiger partial charge in [-0.1, -0.05) is 35.9 Å². The van der Waals surface area contributed by atoms with Gasteiger partial charge in [0, 0.05) is 11.3 Å². The molecule has 2 nitrogen and oxygen atoms in total. The van der Waals surface area contributed by atoms with Crippen LogP contribution in [0.2, 0.25) is 5.28 Å². The highest BCUT2D eigenvalue weighted by atomic mass is 35.5. The van der Waals surface area contributed by atoms with Crippen LogP contribution in [0, 0.1) is 13.8 Å². The van der Waals surface area contributed by atoms with E-state index in [9.17, 15) is 0 Å². The maximum absolute atomic E-state index is 5.92. The lowest BCUT2D eigenvalue weighted by molar-refractivity contribution is 1.11. The van der Waals surface area contributed by atoms with Crippen molar-refractivity contribution in [2.24, 2.45) is 0 Å². The zero-order valence-corrected chi connectivity index (χ0v) is 11.6. The predicted octanol–water partition coefficient (Wildman–Crippen LogP) is 4.57. The second kappa shape index (κ2) is 4.63. The topological polar surface area (TPSA) is 25.8 Å². The number of rotatable bonds is 1. The van der Waals surface area contributed by atoms with Gasteiger partial charge in [0.25, 0.3) is 0 Å². The van der Waals surface area contributed by atoms with Crippen molar-refractivity contribution in [3.8, 4) is 11.3 Å². The molecule has 0 radical (unpaired) electrons. The van der Waals surface area contributed by atoms with E-state index >= 15 is 0 Å². The van der Waals surface area contributed by atoms with Crippen molar-refractivity contribution in [2.45, 2.75) is 13.8 Å². The summed E-state index contributed by atoms with van der Waals surface area (Å²) >= 11 is 5.92. The van der Waals surface area contributed by atoms with Gasteiger partial charge >= 0.3 is 0 Å². The number of aryl methyl sites for hydroxylation is 2. The number of hydrogen-bond acceptors (Lipinski definition) is 2. The Labute approximate surface area is 117 Å². The van der Waals surface area contributed by atoms with Crippen molar-refractivity contribution >= 4 is 22.4 Å². The highest BCUT2D eigenvalue weighted by molar-refractivity contribution is 6.28. The first-order chi connectivity index (χ1) is 9.11. The van der Waals surface area contributed by atoms with Crippen molar-refractivity contribution in [3.63, 3.8) is 0 Å². The normalized spacial score (nSPS) is 10.9. The number of fused-ring (bicyclic) bond motifs is 1. The van der Waals surface area contributed by atoms with Gasteiger partial charge in [0.05, 0.1) is 5.69 Å². The Balaban J connectivity index is 2.17. The number of aromatic nitrogens is 2. The van der Waals surface area contributed by atoms with E-state index in [4.69, 9.17) is 11.6 Å². The van der Waals surface area contributed by atoms with Gasteiger partial charge < -0.3 is 0 Å². The number of halogens is 1. The second-order valence-corrected chi connectivity index (χ2v) is 5.07. The summed E-state index contributed by atoms with van der Waals surface area (Å²) in [5.74, 6) is 0. The lowest BCUT2D eigenvalue weighted by Gasteiger charge is -2.05. The standard InChI is InChI=1S/C16H13ClN2/c1-10-3-4-13-9-14(6-5-12(13)7-10)15-8-11(2)18-16(17)19-15/h3-9H,1-2H3. The summed E-state index contributed by atoms with van der Waals surface area (Å²) in [7, 11) is 0. The SMILES string of the molecule is Cc1ccc2cc(-c3cc(C)nc(Cl)n3)ccc2c1. The van der Waals surface area contributed by atoms with E-state index in [2.05, 4.69) is 53.3 Å². The first-order valence-electron chi connectivity index (χ1n) is 6.14. The molecule has 0 aliphatic carbocycles. The van der Waals surface area contributed by atoms with Gasteiger partial charge in [0.1, 0.15) is 0 Å². The fourth-order valence-corrected chi connectivity index (χ4v) is 2.43. The van der Waals surface area contributed by atoms with Gasteiger partial charge in [-0.3, -0.25) is 0 Å². The summed E-state index contributed by atoms with van der Waals surface area (Å²) in [6.07, 6.45) is 0. The summed E-state index contributed by atoms with van der Waals surface area (Å²) in [4.78, 5) is 8.37. The highest BCUT2D eigenvalue weighted by Gasteiger charge is 2.04. The van der Waals surface area contributed by atoms with Crippen LogP contribution in [0.4, 0.5) is 0 Å². The molecule has 1 heterocycles. The van der Waals surface area contributed by atoms with Crippen LogP contribution in [0.5, 0.6) is 0 Å². The summed E-state index contributed by atoms with van der Waals surface area (Å²) in [6, 6.07) is 14.7. The summed E-state index contributed by atoms with van der Waals surface area (Å²) < 4.78 is 0. The van der Waals surface area contributed by atoms with Crippen molar-refractivity contribution in [1.82, 2.24) is 9.97 Å². The average Bonchev–Trinajstić information content (AvgIpc) is 2.37. The van der Waals surface area contributed by atoms with E-state index in [1.807, 2.05) is 13.0 Å². The molecule has 94 valence electrons. The molecular weight excluding hydrogens is 256 g/mol. The molecular formula is C16H13ClN2. The van der Waals surface area contributed by atoms with E-state index in [0.717, 1.165) is 17.0 Å². The van der Waals surface area contributed by atoms with Crippen LogP contribution in [0.15, 0.2) is 42.5 Å². The molecule has 3 rings (SSSR count). The van der Waals surface area contributed by atoms with Crippen LogP contribution in [-0.2, 0) is 0 Å². The average molecular weight is 269 g/mol. The van der Waals surface area contributed by atoms with Crippen LogP contribution in [-0.4, -0.2) is 9.97 Å². The Hall–Kier alpha value is -1.93. The third-order valence-electron chi connectivity index (χ3n) is 3.12. The monoisotopic (exact) mass is 268 g/mol. The quantitative estimate of drug-likeness (QED) is 0.604. The number of nitrogens with zero attached hydrogens (tertiary/aromatic N) is 2. The molecule has 0 atom stereocenters. The molecule has 1 aromatic heterocycles. The van der Waals surface area contributed by atoms with Crippen LogP contribution in [0.1, 0.15) is 11.3 Å². The van der Waals surface area contributed by atoms with Gasteiger partial charge in [-0.05, 0) is 48.4 Å². The molecule has 0 aliphatic rings. The molecule has 0 unspecified atom stereocenters. The molecule has 0 spiro atoms. The first kappa shape index (κ1) is 12.1. The van der Waals surface area contributed by atoms with Gasteiger partial charge in [0.15, 0.2) is 0 Å². The lowest BCUT2D eigenvalue weighted by Crippen LogP contribution is -1.90. The minimum atomic E-state index is 0.291. The van der Waals surface area contributed by atoms with E-state index in [1.165, 1.54) is 16.3 Å². The van der Waals surface area contributed by atoms with Crippen LogP contribution >= 0.6 is 11.6 Å². The highest BCUT2D eigenvalue weighted by Crippen LogP contribution is 2.25. The minimum absolute atomic E-state index is 0.291. The van der Waals surface area contributed by atoms with Gasteiger partial charge in [0.2, 0.25) is 5.28 Å². The van der Waals surface area contributed by atoms with Crippen LogP contribution < -0.4 is 0 Å². The smallest absolute Gasteiger partial charge is 0.223 e. The maximum atomic E-state index is 5.92. The Morgan fingerprint density at radius 1 is 0.842 bits per heavy atom. The molecule has 19 heavy (non-hydrogen) atoms. The summed E-state index contributed by atoms with van der Waals surface area (Å²) in [6.45, 7) is 4.02. The zero-order chi connectivity index (χ0) is 13.4. The van der Waals surface area contributed by atoms with E-state index in [-0.39, 0.29) is 0 Å². The molecule has 2 aromatic carbocycles. The molecule has 3 aromatic rings. The summed E-state index contributed by atoms with van der Waals surface area (Å²) in [5, 5.41) is 2.73. The largest absolute Gasteiger partial charge is 0.223 e. The second-order valence-electron chi connectivity index (χ2n) is 4.73. The van der Waals surface area contributed by atoms with Crippen molar-refractivity contribution in [3.05, 3.63) is 59.0 Å². The van der Waals surface area contributed by atoms with E-state index < -0.39 is 0 Å². The predicted molar refractivity (Wildman–Crippen MR) is 79.5 cm³/mol. The van der Waals surface area contributed by atoms with Gasteiger partial charge in [-0.2, -0.15) is 0 Å². The van der Waals surface area contributed by atoms with E-state index in [1.54, 1.807) is 0 Å². The molecule has 0 amide bonds. The maximum Gasteiger partial charge on any atom is 0.223 e. The Morgan fingerprint density at radius 2 is 1.58 bits per heavy atom. The minimum Gasteiger partial charge on any atom is -0.223 e. The molecule has 0 bridgehead atoms. The van der Waals surface area contributed by atoms with Gasteiger partial charge in [-0.15, -0.1) is 0 Å². The van der Waals surface area contributed by atoms with Crippen molar-refractivity contribution < 1.29 is 0 Å². The molecule has 0 N–H and O–H groups in total. The van der Waals surface area contributed by atoms with Crippen LogP contribution in [0.25, 0.3) is 22.0 Å².